The minimum absolute atomic E-state index is 0.170. The molecule has 0 aromatic carbocycles. The summed E-state index contributed by atoms with van der Waals surface area (Å²) in [7, 11) is 0. The summed E-state index contributed by atoms with van der Waals surface area (Å²) in [5.74, 6) is 6.30. The summed E-state index contributed by atoms with van der Waals surface area (Å²) < 4.78 is 12.1. The maximum absolute atomic E-state index is 12.1. The second kappa shape index (κ2) is 13.9. The second-order valence-electron chi connectivity index (χ2n) is 11.3. The van der Waals surface area contributed by atoms with Gasteiger partial charge in [0.05, 0.1) is 6.67 Å². The van der Waals surface area contributed by atoms with Crippen molar-refractivity contribution < 1.29 is 4.39 Å². The highest BCUT2D eigenvalue weighted by atomic mass is 19.1. The molecule has 0 nitrogen and oxygen atoms in total. The number of halogens is 1. The lowest BCUT2D eigenvalue weighted by Crippen LogP contribution is -2.29. The molecule has 0 spiro atoms. The topological polar surface area (TPSA) is 0 Å². The first-order valence-electron chi connectivity index (χ1n) is 14.0. The lowest BCUT2D eigenvalue weighted by Gasteiger charge is -2.41. The molecule has 0 radical (unpaired) electrons. The number of allylic oxidation sites excluding steroid dienone is 2. The van der Waals surface area contributed by atoms with Crippen LogP contribution in [0.5, 0.6) is 0 Å². The van der Waals surface area contributed by atoms with Crippen LogP contribution in [0.15, 0.2) is 12.2 Å². The van der Waals surface area contributed by atoms with Gasteiger partial charge in [-0.1, -0.05) is 64.0 Å². The van der Waals surface area contributed by atoms with Crippen molar-refractivity contribution in [2.24, 2.45) is 35.5 Å². The largest absolute Gasteiger partial charge is 0.251 e. The Morgan fingerprint density at radius 1 is 0.567 bits per heavy atom. The molecular weight excluding hydrogens is 367 g/mol. The molecule has 3 fully saturated rings. The minimum Gasteiger partial charge on any atom is -0.251 e. The Morgan fingerprint density at radius 3 is 1.47 bits per heavy atom. The van der Waals surface area contributed by atoms with E-state index in [1.54, 1.807) is 51.4 Å². The highest BCUT2D eigenvalue weighted by molar-refractivity contribution is 4.87. The molecule has 30 heavy (non-hydrogen) atoms. The SMILES string of the molecule is CCCCC1CCC(C2CCC(C3CCC(CCC=CCCCF)CC3)CC2)CC1. The molecule has 0 aromatic rings. The third-order valence-corrected chi connectivity index (χ3v) is 9.31. The lowest BCUT2D eigenvalue weighted by molar-refractivity contribution is 0.102. The van der Waals surface area contributed by atoms with E-state index in [1.165, 1.54) is 57.8 Å². The normalized spacial score (nSPS) is 35.7. The van der Waals surface area contributed by atoms with Crippen LogP contribution in [0.1, 0.15) is 129 Å². The van der Waals surface area contributed by atoms with Gasteiger partial charge in [0.15, 0.2) is 0 Å². The first kappa shape index (κ1) is 24.3. The van der Waals surface area contributed by atoms with Crippen LogP contribution in [0.4, 0.5) is 4.39 Å². The average molecular weight is 419 g/mol. The monoisotopic (exact) mass is 418 g/mol. The van der Waals surface area contributed by atoms with Crippen molar-refractivity contribution in [2.75, 3.05) is 6.67 Å². The van der Waals surface area contributed by atoms with E-state index in [-0.39, 0.29) is 6.67 Å². The van der Waals surface area contributed by atoms with Crippen molar-refractivity contribution in [2.45, 2.75) is 129 Å². The number of hydrogen-bond donors (Lipinski definition) is 0. The fourth-order valence-electron chi connectivity index (χ4n) is 7.24. The summed E-state index contributed by atoms with van der Waals surface area (Å²) in [6.07, 6.45) is 31.4. The van der Waals surface area contributed by atoms with Crippen LogP contribution in [0.2, 0.25) is 0 Å². The lowest BCUT2D eigenvalue weighted by atomic mass is 9.64. The zero-order valence-electron chi connectivity index (χ0n) is 20.1. The smallest absolute Gasteiger partial charge is 0.0897 e. The van der Waals surface area contributed by atoms with Crippen molar-refractivity contribution in [3.63, 3.8) is 0 Å². The van der Waals surface area contributed by atoms with Crippen LogP contribution in [0.3, 0.4) is 0 Å². The van der Waals surface area contributed by atoms with Crippen molar-refractivity contribution >= 4 is 0 Å². The van der Waals surface area contributed by atoms with E-state index in [9.17, 15) is 4.39 Å². The standard InChI is InChI=1S/C29H51F/c1-2-3-9-24-11-15-26(16-12-24)28-19-21-29(22-20-28)27-17-13-25(14-18-27)10-7-5-4-6-8-23-30/h4-5,24-29H,2-3,6-23H2,1H3. The van der Waals surface area contributed by atoms with E-state index >= 15 is 0 Å². The van der Waals surface area contributed by atoms with Crippen molar-refractivity contribution in [3.8, 4) is 0 Å². The molecule has 3 saturated carbocycles. The van der Waals surface area contributed by atoms with E-state index in [2.05, 4.69) is 19.1 Å². The molecule has 0 bridgehead atoms. The van der Waals surface area contributed by atoms with Crippen LogP contribution in [0.25, 0.3) is 0 Å². The van der Waals surface area contributed by atoms with Gasteiger partial charge in [0.1, 0.15) is 0 Å². The second-order valence-corrected chi connectivity index (χ2v) is 11.3. The Balaban J connectivity index is 1.27. The van der Waals surface area contributed by atoms with E-state index in [0.29, 0.717) is 6.42 Å². The Bertz CT molecular complexity index is 445. The zero-order valence-corrected chi connectivity index (χ0v) is 20.1. The highest BCUT2D eigenvalue weighted by Crippen LogP contribution is 2.46. The molecule has 0 atom stereocenters. The van der Waals surface area contributed by atoms with Gasteiger partial charge in [0, 0.05) is 0 Å². The Morgan fingerprint density at radius 2 is 1.00 bits per heavy atom. The van der Waals surface area contributed by atoms with Crippen LogP contribution in [-0.4, -0.2) is 6.67 Å². The molecule has 0 heterocycles. The molecule has 174 valence electrons. The predicted octanol–water partition coefficient (Wildman–Crippen LogP) is 9.68. The third-order valence-electron chi connectivity index (χ3n) is 9.31. The molecule has 0 amide bonds. The number of alkyl halides is 1. The molecule has 0 saturated heterocycles. The van der Waals surface area contributed by atoms with Gasteiger partial charge in [0.25, 0.3) is 0 Å². The van der Waals surface area contributed by atoms with Gasteiger partial charge in [-0.05, 0) is 113 Å². The average Bonchev–Trinajstić information content (AvgIpc) is 2.81. The first-order valence-corrected chi connectivity index (χ1v) is 14.0. The summed E-state index contributed by atoms with van der Waals surface area (Å²) in [5.41, 5.74) is 0. The molecule has 0 aliphatic heterocycles. The van der Waals surface area contributed by atoms with Crippen LogP contribution in [-0.2, 0) is 0 Å². The Labute approximate surface area is 187 Å². The van der Waals surface area contributed by atoms with Gasteiger partial charge in [-0.2, -0.15) is 0 Å². The van der Waals surface area contributed by atoms with Crippen LogP contribution >= 0.6 is 0 Å². The molecule has 1 heteroatoms. The molecule has 0 unspecified atom stereocenters. The summed E-state index contributed by atoms with van der Waals surface area (Å²) in [5, 5.41) is 0. The maximum Gasteiger partial charge on any atom is 0.0897 e. The fraction of sp³-hybridized carbons (Fsp3) is 0.931. The number of unbranched alkanes of at least 4 members (excludes halogenated alkanes) is 2. The van der Waals surface area contributed by atoms with Gasteiger partial charge >= 0.3 is 0 Å². The van der Waals surface area contributed by atoms with E-state index < -0.39 is 0 Å². The van der Waals surface area contributed by atoms with Crippen LogP contribution in [0, 0.1) is 35.5 Å². The van der Waals surface area contributed by atoms with Crippen molar-refractivity contribution in [1.29, 1.82) is 0 Å². The summed E-state index contributed by atoms with van der Waals surface area (Å²) in [6, 6.07) is 0. The van der Waals surface area contributed by atoms with Gasteiger partial charge in [0.2, 0.25) is 0 Å². The molecular formula is C29H51F. The van der Waals surface area contributed by atoms with Gasteiger partial charge in [-0.3, -0.25) is 4.39 Å². The molecule has 3 aliphatic rings. The van der Waals surface area contributed by atoms with E-state index in [0.717, 1.165) is 41.9 Å². The van der Waals surface area contributed by atoms with Gasteiger partial charge < -0.3 is 0 Å². The van der Waals surface area contributed by atoms with Crippen molar-refractivity contribution in [1.82, 2.24) is 0 Å². The summed E-state index contributed by atoms with van der Waals surface area (Å²) >= 11 is 0. The molecule has 0 N–H and O–H groups in total. The summed E-state index contributed by atoms with van der Waals surface area (Å²) in [4.78, 5) is 0. The van der Waals surface area contributed by atoms with Gasteiger partial charge in [-0.25, -0.2) is 0 Å². The third kappa shape index (κ3) is 7.98. The molecule has 3 rings (SSSR count). The van der Waals surface area contributed by atoms with Crippen LogP contribution < -0.4 is 0 Å². The Hall–Kier alpha value is -0.330. The number of hydrogen-bond acceptors (Lipinski definition) is 0. The quantitative estimate of drug-likeness (QED) is 0.231. The highest BCUT2D eigenvalue weighted by Gasteiger charge is 2.34. The maximum atomic E-state index is 12.1. The van der Waals surface area contributed by atoms with E-state index in [1.807, 2.05) is 0 Å². The predicted molar refractivity (Wildman–Crippen MR) is 129 cm³/mol. The zero-order chi connectivity index (χ0) is 21.0. The fourth-order valence-corrected chi connectivity index (χ4v) is 7.24. The van der Waals surface area contributed by atoms with E-state index in [4.69, 9.17) is 0 Å². The Kier molecular flexibility index (Phi) is 11.3. The first-order chi connectivity index (χ1) is 14.8. The number of rotatable bonds is 11. The summed E-state index contributed by atoms with van der Waals surface area (Å²) in [6.45, 7) is 2.17. The van der Waals surface area contributed by atoms with Gasteiger partial charge in [-0.15, -0.1) is 0 Å². The molecule has 3 aliphatic carbocycles. The minimum atomic E-state index is -0.170. The molecule has 0 aromatic heterocycles. The van der Waals surface area contributed by atoms with Crippen molar-refractivity contribution in [3.05, 3.63) is 12.2 Å².